The lowest BCUT2D eigenvalue weighted by Crippen LogP contribution is -2.42. The van der Waals surface area contributed by atoms with Gasteiger partial charge in [0, 0.05) is 18.8 Å². The molecule has 1 atom stereocenters. The molecule has 1 heterocycles. The molecule has 3 nitrogen and oxygen atoms in total. The van der Waals surface area contributed by atoms with Crippen molar-refractivity contribution >= 4 is 11.6 Å². The summed E-state index contributed by atoms with van der Waals surface area (Å²) in [5.41, 5.74) is 2.71. The minimum atomic E-state index is -0.561. The first-order valence-corrected chi connectivity index (χ1v) is 8.40. The molecule has 2 aromatic rings. The number of carbonyl (C=O) groups excluding carboxylic acids is 1. The molecule has 2 aliphatic rings. The SMILES string of the molecule is CN1C(=O)C(CCNC2CC2)(c2ccccc2)c2ccccc21. The van der Waals surface area contributed by atoms with Crippen LogP contribution in [0, 0.1) is 0 Å². The van der Waals surface area contributed by atoms with Crippen molar-refractivity contribution in [1.82, 2.24) is 5.32 Å². The molecule has 0 saturated heterocycles. The Bertz CT molecular complexity index is 723. The van der Waals surface area contributed by atoms with E-state index in [0.29, 0.717) is 6.04 Å². The second kappa shape index (κ2) is 5.50. The number of rotatable bonds is 5. The third-order valence-corrected chi connectivity index (χ3v) is 5.17. The Balaban J connectivity index is 1.80. The number of amides is 1. The van der Waals surface area contributed by atoms with E-state index in [1.165, 1.54) is 12.8 Å². The summed E-state index contributed by atoms with van der Waals surface area (Å²) >= 11 is 0. The van der Waals surface area contributed by atoms with Gasteiger partial charge in [-0.2, -0.15) is 0 Å². The molecule has 2 aromatic carbocycles. The Kier molecular flexibility index (Phi) is 3.46. The second-order valence-corrected chi connectivity index (χ2v) is 6.63. The molecular weight excluding hydrogens is 284 g/mol. The van der Waals surface area contributed by atoms with Crippen molar-refractivity contribution in [3.05, 3.63) is 65.7 Å². The normalized spacial score (nSPS) is 23.2. The number of likely N-dealkylation sites (N-methyl/N-ethyl adjacent to an activating group) is 1. The number of carbonyl (C=O) groups is 1. The summed E-state index contributed by atoms with van der Waals surface area (Å²) in [7, 11) is 1.89. The van der Waals surface area contributed by atoms with Crippen molar-refractivity contribution in [1.29, 1.82) is 0 Å². The molecule has 0 bridgehead atoms. The number of anilines is 1. The molecule has 1 aliphatic carbocycles. The Hall–Kier alpha value is -2.13. The predicted octanol–water partition coefficient (Wildman–Crippen LogP) is 3.09. The highest BCUT2D eigenvalue weighted by Gasteiger charge is 2.50. The highest BCUT2D eigenvalue weighted by molar-refractivity contribution is 6.10. The Morgan fingerprint density at radius 3 is 2.52 bits per heavy atom. The number of benzene rings is 2. The molecule has 0 radical (unpaired) electrons. The molecule has 0 aromatic heterocycles. The van der Waals surface area contributed by atoms with Crippen molar-refractivity contribution < 1.29 is 4.79 Å². The quantitative estimate of drug-likeness (QED) is 0.920. The van der Waals surface area contributed by atoms with E-state index < -0.39 is 5.41 Å². The van der Waals surface area contributed by atoms with Crippen molar-refractivity contribution in [2.45, 2.75) is 30.7 Å². The van der Waals surface area contributed by atoms with Gasteiger partial charge in [0.05, 0.1) is 0 Å². The van der Waals surface area contributed by atoms with Crippen LogP contribution in [0.15, 0.2) is 54.6 Å². The summed E-state index contributed by atoms with van der Waals surface area (Å²) < 4.78 is 0. The van der Waals surface area contributed by atoms with Crippen molar-refractivity contribution in [2.24, 2.45) is 0 Å². The van der Waals surface area contributed by atoms with Crippen LogP contribution < -0.4 is 10.2 Å². The van der Waals surface area contributed by atoms with Crippen molar-refractivity contribution in [3.63, 3.8) is 0 Å². The second-order valence-electron chi connectivity index (χ2n) is 6.63. The minimum absolute atomic E-state index is 0.183. The summed E-state index contributed by atoms with van der Waals surface area (Å²) in [6.45, 7) is 0.869. The maximum absolute atomic E-state index is 13.3. The van der Waals surface area contributed by atoms with Crippen LogP contribution in [0.5, 0.6) is 0 Å². The molecule has 23 heavy (non-hydrogen) atoms. The molecule has 1 unspecified atom stereocenters. The maximum atomic E-state index is 13.3. The molecule has 1 N–H and O–H groups in total. The van der Waals surface area contributed by atoms with E-state index in [4.69, 9.17) is 0 Å². The fourth-order valence-electron chi connectivity index (χ4n) is 3.78. The third-order valence-electron chi connectivity index (χ3n) is 5.17. The Labute approximate surface area is 137 Å². The molecule has 4 rings (SSSR count). The molecule has 1 aliphatic heterocycles. The average molecular weight is 306 g/mol. The lowest BCUT2D eigenvalue weighted by Gasteiger charge is -2.29. The number of para-hydroxylation sites is 1. The summed E-state index contributed by atoms with van der Waals surface area (Å²) in [6, 6.07) is 19.1. The molecule has 1 saturated carbocycles. The molecular formula is C20H22N2O. The van der Waals surface area contributed by atoms with E-state index in [-0.39, 0.29) is 5.91 Å². The summed E-state index contributed by atoms with van der Waals surface area (Å²) in [5, 5.41) is 3.57. The van der Waals surface area contributed by atoms with Crippen molar-refractivity contribution in [2.75, 3.05) is 18.5 Å². The first-order chi connectivity index (χ1) is 11.2. The number of nitrogens with one attached hydrogen (secondary N) is 1. The zero-order chi connectivity index (χ0) is 15.9. The van der Waals surface area contributed by atoms with Crippen LogP contribution in [0.3, 0.4) is 0 Å². The fourth-order valence-corrected chi connectivity index (χ4v) is 3.78. The zero-order valence-electron chi connectivity index (χ0n) is 13.5. The van der Waals surface area contributed by atoms with Crippen LogP contribution in [0.1, 0.15) is 30.4 Å². The summed E-state index contributed by atoms with van der Waals surface area (Å²) in [4.78, 5) is 15.1. The van der Waals surface area contributed by atoms with Gasteiger partial charge in [-0.15, -0.1) is 0 Å². The van der Waals surface area contributed by atoms with Gasteiger partial charge in [0.25, 0.3) is 0 Å². The molecule has 118 valence electrons. The highest BCUT2D eigenvalue weighted by Crippen LogP contribution is 2.47. The van der Waals surface area contributed by atoms with Gasteiger partial charge in [-0.1, -0.05) is 48.5 Å². The first kappa shape index (κ1) is 14.5. The van der Waals surface area contributed by atoms with Crippen LogP contribution in [-0.2, 0) is 10.2 Å². The monoisotopic (exact) mass is 306 g/mol. The van der Waals surface area contributed by atoms with Crippen LogP contribution >= 0.6 is 0 Å². The van der Waals surface area contributed by atoms with Crippen LogP contribution in [0.2, 0.25) is 0 Å². The lowest BCUT2D eigenvalue weighted by atomic mass is 9.73. The molecule has 1 amide bonds. The van der Waals surface area contributed by atoms with E-state index in [9.17, 15) is 4.79 Å². The van der Waals surface area contributed by atoms with Gasteiger partial charge in [-0.3, -0.25) is 4.79 Å². The fraction of sp³-hybridized carbons (Fsp3) is 0.350. The molecule has 0 spiro atoms. The lowest BCUT2D eigenvalue weighted by molar-refractivity contribution is -0.121. The number of hydrogen-bond donors (Lipinski definition) is 1. The topological polar surface area (TPSA) is 32.3 Å². The Morgan fingerprint density at radius 1 is 1.09 bits per heavy atom. The maximum Gasteiger partial charge on any atom is 0.241 e. The summed E-state index contributed by atoms with van der Waals surface area (Å²) in [5.74, 6) is 0.183. The van der Waals surface area contributed by atoms with Gasteiger partial charge in [0.2, 0.25) is 5.91 Å². The average Bonchev–Trinajstić information content (AvgIpc) is 3.40. The predicted molar refractivity (Wildman–Crippen MR) is 92.7 cm³/mol. The standard InChI is InChI=1S/C20H22N2O/c1-22-18-10-6-5-9-17(18)20(19(22)23,13-14-21-16-11-12-16)15-7-3-2-4-8-15/h2-10,16,21H,11-14H2,1H3. The van der Waals surface area contributed by atoms with Gasteiger partial charge in [-0.05, 0) is 43.0 Å². The molecule has 1 fully saturated rings. The Morgan fingerprint density at radius 2 is 1.78 bits per heavy atom. The minimum Gasteiger partial charge on any atom is -0.314 e. The number of nitrogens with zero attached hydrogens (tertiary/aromatic N) is 1. The van der Waals surface area contributed by atoms with Gasteiger partial charge in [-0.25, -0.2) is 0 Å². The van der Waals surface area contributed by atoms with E-state index in [0.717, 1.165) is 29.8 Å². The van der Waals surface area contributed by atoms with Crippen LogP contribution in [0.4, 0.5) is 5.69 Å². The first-order valence-electron chi connectivity index (χ1n) is 8.40. The zero-order valence-corrected chi connectivity index (χ0v) is 13.5. The van der Waals surface area contributed by atoms with Crippen LogP contribution in [0.25, 0.3) is 0 Å². The van der Waals surface area contributed by atoms with Crippen molar-refractivity contribution in [3.8, 4) is 0 Å². The van der Waals surface area contributed by atoms with E-state index in [2.05, 4.69) is 23.5 Å². The number of fused-ring (bicyclic) bond motifs is 1. The largest absolute Gasteiger partial charge is 0.314 e. The van der Waals surface area contributed by atoms with E-state index in [1.807, 2.05) is 48.3 Å². The summed E-state index contributed by atoms with van der Waals surface area (Å²) in [6.07, 6.45) is 3.33. The third kappa shape index (κ3) is 2.27. The van der Waals surface area contributed by atoms with Gasteiger partial charge in [0.1, 0.15) is 5.41 Å². The van der Waals surface area contributed by atoms with Crippen LogP contribution in [-0.4, -0.2) is 25.5 Å². The van der Waals surface area contributed by atoms with Gasteiger partial charge >= 0.3 is 0 Å². The van der Waals surface area contributed by atoms with E-state index >= 15 is 0 Å². The van der Waals surface area contributed by atoms with Gasteiger partial charge < -0.3 is 10.2 Å². The smallest absolute Gasteiger partial charge is 0.241 e. The number of hydrogen-bond acceptors (Lipinski definition) is 2. The van der Waals surface area contributed by atoms with E-state index in [1.54, 1.807) is 0 Å². The molecule has 3 heteroatoms. The van der Waals surface area contributed by atoms with Gasteiger partial charge in [0.15, 0.2) is 0 Å². The highest BCUT2D eigenvalue weighted by atomic mass is 16.2.